The third kappa shape index (κ3) is 3.05. The Morgan fingerprint density at radius 2 is 2.21 bits per heavy atom. The number of aromatic nitrogens is 7. The molecule has 28 heavy (non-hydrogen) atoms. The van der Waals surface area contributed by atoms with E-state index in [4.69, 9.17) is 0 Å². The van der Waals surface area contributed by atoms with Crippen LogP contribution in [-0.4, -0.2) is 41.1 Å². The summed E-state index contributed by atoms with van der Waals surface area (Å²) in [6, 6.07) is 5.75. The smallest absolute Gasteiger partial charge is 0.276 e. The molecule has 0 aliphatic rings. The van der Waals surface area contributed by atoms with Crippen molar-refractivity contribution in [1.82, 2.24) is 35.2 Å². The van der Waals surface area contributed by atoms with Crippen molar-refractivity contribution in [2.45, 2.75) is 6.54 Å². The Morgan fingerprint density at radius 1 is 1.25 bits per heavy atom. The fourth-order valence-corrected chi connectivity index (χ4v) is 3.52. The number of benzene rings is 1. The lowest BCUT2D eigenvalue weighted by molar-refractivity contribution is 0.102. The van der Waals surface area contributed by atoms with Gasteiger partial charge in [-0.05, 0) is 17.7 Å². The number of hydrogen-bond donors (Lipinski definition) is 3. The van der Waals surface area contributed by atoms with Crippen molar-refractivity contribution in [3.05, 3.63) is 65.3 Å². The summed E-state index contributed by atoms with van der Waals surface area (Å²) in [6.45, 7) is 0.557. The van der Waals surface area contributed by atoms with Crippen molar-refractivity contribution in [2.75, 3.05) is 5.32 Å². The molecule has 0 spiro atoms. The first-order valence-electron chi connectivity index (χ1n) is 8.44. The Hall–Kier alpha value is -3.79. The van der Waals surface area contributed by atoms with Crippen molar-refractivity contribution in [1.29, 1.82) is 0 Å². The minimum atomic E-state index is -0.296. The van der Waals surface area contributed by atoms with Crippen LogP contribution in [0.15, 0.2) is 53.9 Å². The Morgan fingerprint density at radius 3 is 3.04 bits per heavy atom. The van der Waals surface area contributed by atoms with E-state index in [1.165, 1.54) is 11.3 Å². The summed E-state index contributed by atoms with van der Waals surface area (Å²) in [7, 11) is 0. The van der Waals surface area contributed by atoms with Crippen LogP contribution in [0, 0.1) is 0 Å². The van der Waals surface area contributed by atoms with Gasteiger partial charge in [0.1, 0.15) is 0 Å². The van der Waals surface area contributed by atoms with Crippen LogP contribution in [-0.2, 0) is 6.54 Å². The molecule has 5 aromatic rings. The Bertz CT molecular complexity index is 1240. The summed E-state index contributed by atoms with van der Waals surface area (Å²) in [5.74, 6) is -0.296. The number of carbonyl (C=O) groups is 1. The number of thiazole rings is 1. The molecule has 1 aromatic carbocycles. The number of nitrogens with one attached hydrogen (secondary N) is 3. The molecule has 5 rings (SSSR count). The molecule has 4 heterocycles. The van der Waals surface area contributed by atoms with Crippen molar-refractivity contribution < 1.29 is 4.79 Å². The first kappa shape index (κ1) is 16.4. The van der Waals surface area contributed by atoms with Crippen LogP contribution in [0.5, 0.6) is 0 Å². The Balaban J connectivity index is 1.35. The highest BCUT2D eigenvalue weighted by Gasteiger charge is 2.16. The summed E-state index contributed by atoms with van der Waals surface area (Å²) in [4.78, 5) is 16.9. The van der Waals surface area contributed by atoms with Gasteiger partial charge in [-0.25, -0.2) is 4.98 Å². The molecule has 0 fully saturated rings. The van der Waals surface area contributed by atoms with E-state index in [0.29, 0.717) is 17.9 Å². The van der Waals surface area contributed by atoms with Gasteiger partial charge in [0.2, 0.25) is 0 Å². The van der Waals surface area contributed by atoms with Gasteiger partial charge < -0.3 is 5.32 Å². The zero-order chi connectivity index (χ0) is 18.9. The topological polar surface area (TPSA) is 117 Å². The van der Waals surface area contributed by atoms with Crippen molar-refractivity contribution in [3.63, 3.8) is 0 Å². The molecule has 3 N–H and O–H groups in total. The molecular formula is C18H14N8OS. The van der Waals surface area contributed by atoms with Crippen molar-refractivity contribution >= 4 is 33.8 Å². The molecule has 0 aliphatic carbocycles. The highest BCUT2D eigenvalue weighted by molar-refractivity contribution is 7.07. The molecule has 0 aliphatic heterocycles. The molecule has 0 radical (unpaired) electrons. The lowest BCUT2D eigenvalue weighted by Gasteiger charge is -2.01. The molecule has 0 saturated heterocycles. The van der Waals surface area contributed by atoms with Crippen LogP contribution in [0.2, 0.25) is 0 Å². The molecule has 138 valence electrons. The molecule has 0 unspecified atom stereocenters. The second-order valence-electron chi connectivity index (χ2n) is 6.18. The van der Waals surface area contributed by atoms with Crippen molar-refractivity contribution in [2.24, 2.45) is 0 Å². The average Bonchev–Trinajstić information content (AvgIpc) is 3.49. The zero-order valence-electron chi connectivity index (χ0n) is 14.5. The fourth-order valence-electron chi connectivity index (χ4n) is 2.97. The molecule has 10 heteroatoms. The molecule has 1 amide bonds. The predicted octanol–water partition coefficient (Wildman–Crippen LogP) is 2.91. The number of anilines is 1. The SMILES string of the molecule is O=C(Nc1cnn(Cc2cscn2)c1)c1n[nH]c2cc(-c3cn[nH]c3)ccc12. The lowest BCUT2D eigenvalue weighted by atomic mass is 10.1. The van der Waals surface area contributed by atoms with Crippen molar-refractivity contribution in [3.8, 4) is 11.1 Å². The van der Waals surface area contributed by atoms with E-state index < -0.39 is 0 Å². The zero-order valence-corrected chi connectivity index (χ0v) is 15.3. The normalized spacial score (nSPS) is 11.1. The van der Waals surface area contributed by atoms with Crippen LogP contribution in [0.4, 0.5) is 5.69 Å². The first-order valence-corrected chi connectivity index (χ1v) is 9.39. The number of fused-ring (bicyclic) bond motifs is 1. The molecule has 0 saturated carbocycles. The van der Waals surface area contributed by atoms with Gasteiger partial charge in [0.05, 0.1) is 41.3 Å². The second kappa shape index (κ2) is 6.74. The molecule has 4 aromatic heterocycles. The highest BCUT2D eigenvalue weighted by Crippen LogP contribution is 2.24. The standard InChI is InChI=1S/C18H14N8OS/c27-18(23-13-6-22-26(7-13)8-14-9-28-10-19-14)17-15-2-1-11(3-16(15)24-25-17)12-4-20-21-5-12/h1-7,9-10H,8H2,(H,20,21)(H,23,27)(H,24,25). The van der Waals surface area contributed by atoms with E-state index in [0.717, 1.165) is 27.7 Å². The monoisotopic (exact) mass is 390 g/mol. The maximum Gasteiger partial charge on any atom is 0.276 e. The summed E-state index contributed by atoms with van der Waals surface area (Å²) in [6.07, 6.45) is 6.93. The largest absolute Gasteiger partial charge is 0.318 e. The minimum absolute atomic E-state index is 0.296. The summed E-state index contributed by atoms with van der Waals surface area (Å²) < 4.78 is 1.73. The maximum atomic E-state index is 12.7. The van der Waals surface area contributed by atoms with Crippen LogP contribution in [0.1, 0.15) is 16.2 Å². The van der Waals surface area contributed by atoms with Crippen LogP contribution < -0.4 is 5.32 Å². The van der Waals surface area contributed by atoms with E-state index in [9.17, 15) is 4.79 Å². The number of hydrogen-bond acceptors (Lipinski definition) is 6. The molecule has 9 nitrogen and oxygen atoms in total. The molecule has 0 bridgehead atoms. The van der Waals surface area contributed by atoms with E-state index in [1.54, 1.807) is 28.8 Å². The lowest BCUT2D eigenvalue weighted by Crippen LogP contribution is -2.12. The first-order chi connectivity index (χ1) is 13.8. The number of aromatic amines is 2. The number of nitrogens with zero attached hydrogens (tertiary/aromatic N) is 5. The fraction of sp³-hybridized carbons (Fsp3) is 0.0556. The maximum absolute atomic E-state index is 12.7. The number of H-pyrrole nitrogens is 2. The summed E-state index contributed by atoms with van der Waals surface area (Å²) in [5.41, 5.74) is 6.38. The van der Waals surface area contributed by atoms with Crippen LogP contribution in [0.3, 0.4) is 0 Å². The molecule has 0 atom stereocenters. The third-order valence-electron chi connectivity index (χ3n) is 4.31. The van der Waals surface area contributed by atoms with Crippen LogP contribution in [0.25, 0.3) is 22.0 Å². The minimum Gasteiger partial charge on any atom is -0.318 e. The quantitative estimate of drug-likeness (QED) is 0.426. The second-order valence-corrected chi connectivity index (χ2v) is 6.90. The number of carbonyl (C=O) groups excluding carboxylic acids is 1. The predicted molar refractivity (Wildman–Crippen MR) is 105 cm³/mol. The number of amides is 1. The average molecular weight is 390 g/mol. The molecular weight excluding hydrogens is 376 g/mol. The van der Waals surface area contributed by atoms with Gasteiger partial charge in [-0.15, -0.1) is 11.3 Å². The third-order valence-corrected chi connectivity index (χ3v) is 4.94. The van der Waals surface area contributed by atoms with Gasteiger partial charge in [-0.3, -0.25) is 19.7 Å². The van der Waals surface area contributed by atoms with Gasteiger partial charge in [0.15, 0.2) is 5.69 Å². The Kier molecular flexibility index (Phi) is 3.95. The van der Waals surface area contributed by atoms with Gasteiger partial charge >= 0.3 is 0 Å². The highest BCUT2D eigenvalue weighted by atomic mass is 32.1. The van der Waals surface area contributed by atoms with Gasteiger partial charge in [0, 0.05) is 28.7 Å². The Labute approximate surface area is 162 Å². The summed E-state index contributed by atoms with van der Waals surface area (Å²) >= 11 is 1.54. The number of rotatable bonds is 5. The van der Waals surface area contributed by atoms with Crippen LogP contribution >= 0.6 is 11.3 Å². The summed E-state index contributed by atoms with van der Waals surface area (Å²) in [5, 5.41) is 23.7. The van der Waals surface area contributed by atoms with Gasteiger partial charge in [-0.2, -0.15) is 15.3 Å². The van der Waals surface area contributed by atoms with Gasteiger partial charge in [-0.1, -0.05) is 6.07 Å². The van der Waals surface area contributed by atoms with Gasteiger partial charge in [0.25, 0.3) is 5.91 Å². The van der Waals surface area contributed by atoms with E-state index in [2.05, 4.69) is 35.8 Å². The van der Waals surface area contributed by atoms with E-state index >= 15 is 0 Å². The van der Waals surface area contributed by atoms with E-state index in [-0.39, 0.29) is 5.91 Å². The van der Waals surface area contributed by atoms with E-state index in [1.807, 2.05) is 29.8 Å².